The average molecular weight is 220 g/mol. The molecule has 1 saturated heterocycles. The van der Waals surface area contributed by atoms with Crippen LogP contribution in [-0.4, -0.2) is 25.3 Å². The van der Waals surface area contributed by atoms with Crippen molar-refractivity contribution in [2.24, 2.45) is 5.92 Å². The van der Waals surface area contributed by atoms with Crippen LogP contribution in [0.3, 0.4) is 0 Å². The number of ether oxygens (including phenoxy) is 2. The smallest absolute Gasteiger partial charge is 0.338 e. The van der Waals surface area contributed by atoms with Crippen molar-refractivity contribution in [1.29, 1.82) is 0 Å². The monoisotopic (exact) mass is 220 g/mol. The molecule has 1 aliphatic heterocycles. The Bertz CT molecular complexity index is 365. The van der Waals surface area contributed by atoms with Gasteiger partial charge in [-0.2, -0.15) is 0 Å². The van der Waals surface area contributed by atoms with E-state index in [1.165, 1.54) is 0 Å². The summed E-state index contributed by atoms with van der Waals surface area (Å²) in [4.78, 5) is 11.7. The van der Waals surface area contributed by atoms with Crippen LogP contribution in [0.1, 0.15) is 22.8 Å². The predicted molar refractivity (Wildman–Crippen MR) is 60.4 cm³/mol. The Balaban J connectivity index is 1.94. The maximum Gasteiger partial charge on any atom is 0.338 e. The first-order chi connectivity index (χ1) is 7.66. The number of esters is 1. The van der Waals surface area contributed by atoms with Crippen LogP contribution in [0.15, 0.2) is 24.3 Å². The summed E-state index contributed by atoms with van der Waals surface area (Å²) in [5.74, 6) is 0.105. The van der Waals surface area contributed by atoms with Gasteiger partial charge in [-0.1, -0.05) is 17.7 Å². The van der Waals surface area contributed by atoms with Gasteiger partial charge in [0.25, 0.3) is 0 Å². The van der Waals surface area contributed by atoms with Crippen LogP contribution >= 0.6 is 0 Å². The van der Waals surface area contributed by atoms with Crippen LogP contribution in [0.5, 0.6) is 0 Å². The molecule has 3 nitrogen and oxygen atoms in total. The van der Waals surface area contributed by atoms with Crippen LogP contribution < -0.4 is 0 Å². The van der Waals surface area contributed by atoms with Gasteiger partial charge in [0.15, 0.2) is 0 Å². The number of carbonyl (C=O) groups is 1. The lowest BCUT2D eigenvalue weighted by Gasteiger charge is -2.30. The van der Waals surface area contributed by atoms with Crippen molar-refractivity contribution in [1.82, 2.24) is 0 Å². The van der Waals surface area contributed by atoms with Crippen LogP contribution in [0, 0.1) is 12.8 Å². The summed E-state index contributed by atoms with van der Waals surface area (Å²) in [5, 5.41) is 0. The van der Waals surface area contributed by atoms with Crippen LogP contribution in [-0.2, 0) is 9.47 Å². The highest BCUT2D eigenvalue weighted by Crippen LogP contribution is 2.18. The molecule has 3 heteroatoms. The van der Waals surface area contributed by atoms with Gasteiger partial charge in [0, 0.05) is 5.92 Å². The van der Waals surface area contributed by atoms with Crippen molar-refractivity contribution in [2.45, 2.75) is 20.0 Å². The lowest BCUT2D eigenvalue weighted by Crippen LogP contribution is -2.38. The molecular formula is C13H16O3. The molecule has 0 radical (unpaired) electrons. The minimum Gasteiger partial charge on any atom is -0.459 e. The molecule has 2 rings (SSSR count). The molecular weight excluding hydrogens is 204 g/mol. The lowest BCUT2D eigenvalue weighted by atomic mass is 10.0. The SMILES string of the molecule is Cc1ccc(C(=O)OC(C)C2COC2)cc1. The zero-order chi connectivity index (χ0) is 11.5. The van der Waals surface area contributed by atoms with Gasteiger partial charge < -0.3 is 9.47 Å². The fraction of sp³-hybridized carbons (Fsp3) is 0.462. The van der Waals surface area contributed by atoms with Crippen molar-refractivity contribution in [3.8, 4) is 0 Å². The molecule has 1 aromatic rings. The predicted octanol–water partition coefficient (Wildman–Crippen LogP) is 2.19. The first kappa shape index (κ1) is 11.1. The third kappa shape index (κ3) is 2.42. The van der Waals surface area contributed by atoms with Crippen molar-refractivity contribution < 1.29 is 14.3 Å². The minimum atomic E-state index is -0.251. The summed E-state index contributed by atoms with van der Waals surface area (Å²) in [7, 11) is 0. The molecule has 0 spiro atoms. The van der Waals surface area contributed by atoms with E-state index in [0.29, 0.717) is 24.7 Å². The van der Waals surface area contributed by atoms with Crippen LogP contribution in [0.2, 0.25) is 0 Å². The number of aryl methyl sites for hydroxylation is 1. The molecule has 1 atom stereocenters. The van der Waals surface area contributed by atoms with E-state index >= 15 is 0 Å². The summed E-state index contributed by atoms with van der Waals surface area (Å²) in [6, 6.07) is 7.41. The molecule has 0 amide bonds. The zero-order valence-electron chi connectivity index (χ0n) is 9.60. The van der Waals surface area contributed by atoms with Crippen molar-refractivity contribution >= 4 is 5.97 Å². The molecule has 0 N–H and O–H groups in total. The van der Waals surface area contributed by atoms with Gasteiger partial charge in [-0.25, -0.2) is 4.79 Å². The first-order valence-corrected chi connectivity index (χ1v) is 5.52. The molecule has 16 heavy (non-hydrogen) atoms. The summed E-state index contributed by atoms with van der Waals surface area (Å²) < 4.78 is 10.4. The number of hydrogen-bond acceptors (Lipinski definition) is 3. The maximum absolute atomic E-state index is 11.7. The summed E-state index contributed by atoms with van der Waals surface area (Å²) >= 11 is 0. The molecule has 1 aliphatic rings. The molecule has 86 valence electrons. The van der Waals surface area contributed by atoms with Crippen molar-refractivity contribution in [2.75, 3.05) is 13.2 Å². The summed E-state index contributed by atoms with van der Waals surface area (Å²) in [6.45, 7) is 5.30. The van der Waals surface area contributed by atoms with E-state index in [0.717, 1.165) is 5.56 Å². The Hall–Kier alpha value is -1.35. The second-order valence-corrected chi connectivity index (χ2v) is 4.27. The third-order valence-electron chi connectivity index (χ3n) is 2.91. The lowest BCUT2D eigenvalue weighted by molar-refractivity contribution is -0.0910. The second kappa shape index (κ2) is 4.66. The number of rotatable bonds is 3. The number of hydrogen-bond donors (Lipinski definition) is 0. The topological polar surface area (TPSA) is 35.5 Å². The van der Waals surface area contributed by atoms with E-state index in [-0.39, 0.29) is 12.1 Å². The van der Waals surface area contributed by atoms with E-state index in [2.05, 4.69) is 0 Å². The van der Waals surface area contributed by atoms with Gasteiger partial charge in [0.05, 0.1) is 18.8 Å². The van der Waals surface area contributed by atoms with E-state index < -0.39 is 0 Å². The van der Waals surface area contributed by atoms with Crippen LogP contribution in [0.25, 0.3) is 0 Å². The van der Waals surface area contributed by atoms with Crippen LogP contribution in [0.4, 0.5) is 0 Å². The fourth-order valence-electron chi connectivity index (χ4n) is 1.55. The molecule has 1 aromatic carbocycles. The highest BCUT2D eigenvalue weighted by Gasteiger charge is 2.28. The Morgan fingerprint density at radius 2 is 2.00 bits per heavy atom. The molecule has 1 fully saturated rings. The standard InChI is InChI=1S/C13H16O3/c1-9-3-5-11(6-4-9)13(14)16-10(2)12-7-15-8-12/h3-6,10,12H,7-8H2,1-2H3. The number of carbonyl (C=O) groups excluding carboxylic acids is 1. The third-order valence-corrected chi connectivity index (χ3v) is 2.91. The van der Waals surface area contributed by atoms with Gasteiger partial charge >= 0.3 is 5.97 Å². The van der Waals surface area contributed by atoms with E-state index in [1.807, 2.05) is 26.0 Å². The van der Waals surface area contributed by atoms with Gasteiger partial charge in [0.1, 0.15) is 6.10 Å². The molecule has 0 saturated carbocycles. The Morgan fingerprint density at radius 1 is 1.38 bits per heavy atom. The van der Waals surface area contributed by atoms with Crippen molar-refractivity contribution in [3.05, 3.63) is 35.4 Å². The van der Waals surface area contributed by atoms with E-state index in [9.17, 15) is 4.79 Å². The highest BCUT2D eigenvalue weighted by atomic mass is 16.6. The normalized spacial score (nSPS) is 17.6. The largest absolute Gasteiger partial charge is 0.459 e. The maximum atomic E-state index is 11.7. The fourth-order valence-corrected chi connectivity index (χ4v) is 1.55. The second-order valence-electron chi connectivity index (χ2n) is 4.27. The quantitative estimate of drug-likeness (QED) is 0.732. The summed E-state index contributed by atoms with van der Waals surface area (Å²) in [6.07, 6.45) is -0.0671. The van der Waals surface area contributed by atoms with Gasteiger partial charge in [0.2, 0.25) is 0 Å². The Labute approximate surface area is 95.4 Å². The molecule has 0 aromatic heterocycles. The zero-order valence-corrected chi connectivity index (χ0v) is 9.60. The molecule has 0 aliphatic carbocycles. The van der Waals surface area contributed by atoms with Crippen molar-refractivity contribution in [3.63, 3.8) is 0 Å². The minimum absolute atomic E-state index is 0.0671. The van der Waals surface area contributed by atoms with E-state index in [4.69, 9.17) is 9.47 Å². The van der Waals surface area contributed by atoms with Gasteiger partial charge in [-0.3, -0.25) is 0 Å². The highest BCUT2D eigenvalue weighted by molar-refractivity contribution is 5.89. The van der Waals surface area contributed by atoms with Gasteiger partial charge in [-0.15, -0.1) is 0 Å². The van der Waals surface area contributed by atoms with Gasteiger partial charge in [-0.05, 0) is 26.0 Å². The molecule has 0 bridgehead atoms. The molecule has 1 heterocycles. The first-order valence-electron chi connectivity index (χ1n) is 5.52. The average Bonchev–Trinajstić information content (AvgIpc) is 2.15. The number of benzene rings is 1. The molecule has 1 unspecified atom stereocenters. The Morgan fingerprint density at radius 3 is 2.50 bits per heavy atom. The van der Waals surface area contributed by atoms with E-state index in [1.54, 1.807) is 12.1 Å². The summed E-state index contributed by atoms with van der Waals surface area (Å²) in [5.41, 5.74) is 1.75. The Kier molecular flexibility index (Phi) is 3.25.